The van der Waals surface area contributed by atoms with Crippen LogP contribution in [0.5, 0.6) is 17.2 Å². The van der Waals surface area contributed by atoms with Gasteiger partial charge in [0, 0.05) is 24.8 Å². The van der Waals surface area contributed by atoms with Crippen LogP contribution in [0.2, 0.25) is 5.02 Å². The van der Waals surface area contributed by atoms with Crippen molar-refractivity contribution in [1.82, 2.24) is 14.8 Å². The standard InChI is InChI=1S/C20H20ClN3O3S/c1-24-19(14-4-6-15(25-2)7-5-14)22-23-20(24)28-12-13-10-16(21)18-17(11-13)26-8-3-9-27-18/h4-7,10-11H,3,8-9,12H2,1-2H3. The second-order valence-corrected chi connectivity index (χ2v) is 7.69. The van der Waals surface area contributed by atoms with Crippen molar-refractivity contribution in [1.29, 1.82) is 0 Å². The van der Waals surface area contributed by atoms with Crippen LogP contribution in [0.3, 0.4) is 0 Å². The molecule has 0 amide bonds. The zero-order valence-electron chi connectivity index (χ0n) is 15.6. The zero-order valence-corrected chi connectivity index (χ0v) is 17.2. The molecule has 146 valence electrons. The number of halogens is 1. The lowest BCUT2D eigenvalue weighted by molar-refractivity contribution is 0.297. The van der Waals surface area contributed by atoms with Gasteiger partial charge in [0.05, 0.1) is 25.3 Å². The van der Waals surface area contributed by atoms with E-state index >= 15 is 0 Å². The fraction of sp³-hybridized carbons (Fsp3) is 0.300. The molecule has 1 aliphatic heterocycles. The monoisotopic (exact) mass is 417 g/mol. The summed E-state index contributed by atoms with van der Waals surface area (Å²) < 4.78 is 18.6. The maximum absolute atomic E-state index is 6.38. The van der Waals surface area contributed by atoms with Gasteiger partial charge >= 0.3 is 0 Å². The molecule has 1 aliphatic rings. The number of hydrogen-bond donors (Lipinski definition) is 0. The number of nitrogens with zero attached hydrogens (tertiary/aromatic N) is 3. The molecule has 6 nitrogen and oxygen atoms in total. The van der Waals surface area contributed by atoms with E-state index in [9.17, 15) is 0 Å². The molecule has 4 rings (SSSR count). The topological polar surface area (TPSA) is 58.4 Å². The van der Waals surface area contributed by atoms with E-state index in [0.29, 0.717) is 35.5 Å². The second kappa shape index (κ2) is 8.32. The molecule has 2 heterocycles. The summed E-state index contributed by atoms with van der Waals surface area (Å²) in [6, 6.07) is 11.7. The third-order valence-electron chi connectivity index (χ3n) is 4.41. The summed E-state index contributed by atoms with van der Waals surface area (Å²) in [5, 5.41) is 10.1. The summed E-state index contributed by atoms with van der Waals surface area (Å²) in [5.74, 6) is 3.66. The molecule has 0 spiro atoms. The van der Waals surface area contributed by atoms with Gasteiger partial charge in [0.1, 0.15) is 5.75 Å². The SMILES string of the molecule is COc1ccc(-c2nnc(SCc3cc(Cl)c4c(c3)OCCCO4)n2C)cc1. The average molecular weight is 418 g/mol. The molecule has 0 fully saturated rings. The van der Waals surface area contributed by atoms with Gasteiger partial charge in [-0.15, -0.1) is 10.2 Å². The number of ether oxygens (including phenoxy) is 3. The van der Waals surface area contributed by atoms with Crippen LogP contribution in [-0.2, 0) is 12.8 Å². The van der Waals surface area contributed by atoms with Crippen LogP contribution in [0.15, 0.2) is 41.6 Å². The van der Waals surface area contributed by atoms with E-state index in [1.807, 2.05) is 48.0 Å². The number of benzene rings is 2. The average Bonchev–Trinajstić information content (AvgIpc) is 2.91. The van der Waals surface area contributed by atoms with Crippen LogP contribution in [-0.4, -0.2) is 35.1 Å². The molecule has 0 saturated heterocycles. The molecule has 28 heavy (non-hydrogen) atoms. The van der Waals surface area contributed by atoms with Crippen molar-refractivity contribution >= 4 is 23.4 Å². The summed E-state index contributed by atoms with van der Waals surface area (Å²) in [6.45, 7) is 1.25. The number of thioether (sulfide) groups is 1. The van der Waals surface area contributed by atoms with Gasteiger partial charge in [0.15, 0.2) is 22.5 Å². The highest BCUT2D eigenvalue weighted by Crippen LogP contribution is 2.39. The van der Waals surface area contributed by atoms with Crippen molar-refractivity contribution in [2.45, 2.75) is 17.3 Å². The number of hydrogen-bond acceptors (Lipinski definition) is 6. The molecular formula is C20H20ClN3O3S. The van der Waals surface area contributed by atoms with E-state index in [1.54, 1.807) is 18.9 Å². The first-order valence-corrected chi connectivity index (χ1v) is 10.3. The normalized spacial score (nSPS) is 13.2. The fourth-order valence-corrected chi connectivity index (χ4v) is 4.08. The minimum absolute atomic E-state index is 0.576. The highest BCUT2D eigenvalue weighted by molar-refractivity contribution is 7.98. The predicted octanol–water partition coefficient (Wildman–Crippen LogP) is 4.60. The Labute approximate surface area is 172 Å². The smallest absolute Gasteiger partial charge is 0.191 e. The van der Waals surface area contributed by atoms with E-state index in [2.05, 4.69) is 10.2 Å². The molecule has 1 aromatic heterocycles. The molecule has 0 saturated carbocycles. The Bertz CT molecular complexity index is 976. The maximum Gasteiger partial charge on any atom is 0.191 e. The van der Waals surface area contributed by atoms with Crippen molar-refractivity contribution < 1.29 is 14.2 Å². The van der Waals surface area contributed by atoms with Crippen LogP contribution >= 0.6 is 23.4 Å². The quantitative estimate of drug-likeness (QED) is 0.565. The first-order chi connectivity index (χ1) is 13.7. The number of fused-ring (bicyclic) bond motifs is 1. The van der Waals surface area contributed by atoms with Crippen molar-refractivity contribution in [2.24, 2.45) is 7.05 Å². The Morgan fingerprint density at radius 1 is 1.14 bits per heavy atom. The van der Waals surface area contributed by atoms with Crippen LogP contribution in [0, 0.1) is 0 Å². The van der Waals surface area contributed by atoms with Gasteiger partial charge in [-0.2, -0.15) is 0 Å². The molecule has 0 radical (unpaired) electrons. The summed E-state index contributed by atoms with van der Waals surface area (Å²) in [5.41, 5.74) is 2.04. The Morgan fingerprint density at radius 3 is 2.71 bits per heavy atom. The summed E-state index contributed by atoms with van der Waals surface area (Å²) >= 11 is 7.98. The zero-order chi connectivity index (χ0) is 19.5. The lowest BCUT2D eigenvalue weighted by Crippen LogP contribution is -1.97. The van der Waals surface area contributed by atoms with Crippen molar-refractivity contribution in [3.05, 3.63) is 47.0 Å². The Balaban J connectivity index is 1.50. The molecule has 0 atom stereocenters. The molecule has 8 heteroatoms. The van der Waals surface area contributed by atoms with Gasteiger partial charge in [-0.3, -0.25) is 0 Å². The number of methoxy groups -OCH3 is 1. The molecule has 0 aliphatic carbocycles. The number of rotatable bonds is 5. The first-order valence-electron chi connectivity index (χ1n) is 8.90. The highest BCUT2D eigenvalue weighted by Gasteiger charge is 2.17. The summed E-state index contributed by atoms with van der Waals surface area (Å²) in [4.78, 5) is 0. The maximum atomic E-state index is 6.38. The van der Waals surface area contributed by atoms with Gasteiger partial charge in [-0.1, -0.05) is 23.4 Å². The van der Waals surface area contributed by atoms with Gasteiger partial charge in [-0.25, -0.2) is 0 Å². The van der Waals surface area contributed by atoms with Crippen LogP contribution in [0.4, 0.5) is 0 Å². The fourth-order valence-electron chi connectivity index (χ4n) is 2.95. The first kappa shape index (κ1) is 19.0. The third kappa shape index (κ3) is 3.91. The summed E-state index contributed by atoms with van der Waals surface area (Å²) in [7, 11) is 3.61. The van der Waals surface area contributed by atoms with E-state index in [-0.39, 0.29) is 0 Å². The summed E-state index contributed by atoms with van der Waals surface area (Å²) in [6.07, 6.45) is 0.849. The van der Waals surface area contributed by atoms with E-state index in [1.165, 1.54) is 0 Å². The van der Waals surface area contributed by atoms with E-state index in [0.717, 1.165) is 34.3 Å². The van der Waals surface area contributed by atoms with E-state index in [4.69, 9.17) is 25.8 Å². The lowest BCUT2D eigenvalue weighted by Gasteiger charge is -2.11. The molecule has 0 bridgehead atoms. The Morgan fingerprint density at radius 2 is 1.93 bits per heavy atom. The lowest BCUT2D eigenvalue weighted by atomic mass is 10.2. The van der Waals surface area contributed by atoms with Gasteiger partial charge in [0.2, 0.25) is 0 Å². The van der Waals surface area contributed by atoms with Crippen molar-refractivity contribution in [3.63, 3.8) is 0 Å². The van der Waals surface area contributed by atoms with Gasteiger partial charge in [0.25, 0.3) is 0 Å². The van der Waals surface area contributed by atoms with Crippen molar-refractivity contribution in [3.8, 4) is 28.6 Å². The van der Waals surface area contributed by atoms with Crippen LogP contribution in [0.1, 0.15) is 12.0 Å². The molecule has 2 aromatic carbocycles. The predicted molar refractivity (Wildman–Crippen MR) is 110 cm³/mol. The minimum Gasteiger partial charge on any atom is -0.497 e. The minimum atomic E-state index is 0.576. The molecule has 0 unspecified atom stereocenters. The largest absolute Gasteiger partial charge is 0.497 e. The Kier molecular flexibility index (Phi) is 5.64. The van der Waals surface area contributed by atoms with Crippen LogP contribution < -0.4 is 14.2 Å². The molecular weight excluding hydrogens is 398 g/mol. The number of aromatic nitrogens is 3. The van der Waals surface area contributed by atoms with Crippen LogP contribution in [0.25, 0.3) is 11.4 Å². The highest BCUT2D eigenvalue weighted by atomic mass is 35.5. The molecule has 3 aromatic rings. The van der Waals surface area contributed by atoms with Gasteiger partial charge in [-0.05, 0) is 42.0 Å². The van der Waals surface area contributed by atoms with Gasteiger partial charge < -0.3 is 18.8 Å². The second-order valence-electron chi connectivity index (χ2n) is 6.34. The Hall–Kier alpha value is -2.38. The van der Waals surface area contributed by atoms with E-state index < -0.39 is 0 Å². The third-order valence-corrected chi connectivity index (χ3v) is 5.79. The molecule has 0 N–H and O–H groups in total. The van der Waals surface area contributed by atoms with Crippen molar-refractivity contribution in [2.75, 3.05) is 20.3 Å².